The van der Waals surface area contributed by atoms with Gasteiger partial charge in [-0.3, -0.25) is 14.9 Å². The van der Waals surface area contributed by atoms with Gasteiger partial charge in [0.1, 0.15) is 12.2 Å². The first-order valence-corrected chi connectivity index (χ1v) is 9.54. The van der Waals surface area contributed by atoms with E-state index in [1.165, 1.54) is 22.7 Å². The summed E-state index contributed by atoms with van der Waals surface area (Å²) in [6, 6.07) is 16.3. The number of para-hydroxylation sites is 1. The minimum Gasteiger partial charge on any atom is -0.475 e. The quantitative estimate of drug-likeness (QED) is 0.267. The zero-order chi connectivity index (χ0) is 21.8. The number of carbonyl (C=O) groups excluding carboxylic acids is 1. The molecule has 2 aromatic carbocycles. The number of nitrogens with zero attached hydrogens (tertiary/aromatic N) is 5. The highest BCUT2D eigenvalue weighted by atomic mass is 35.5. The van der Waals surface area contributed by atoms with Gasteiger partial charge in [-0.25, -0.2) is 0 Å². The predicted molar refractivity (Wildman–Crippen MR) is 112 cm³/mol. The van der Waals surface area contributed by atoms with Gasteiger partial charge >= 0.3 is 0 Å². The van der Waals surface area contributed by atoms with E-state index < -0.39 is 10.8 Å². The van der Waals surface area contributed by atoms with Gasteiger partial charge in [-0.15, -0.1) is 15.3 Å². The Kier molecular flexibility index (Phi) is 5.72. The van der Waals surface area contributed by atoms with Crippen molar-refractivity contribution >= 4 is 28.8 Å². The molecule has 10 nitrogen and oxygen atoms in total. The molecule has 11 heteroatoms. The van der Waals surface area contributed by atoms with Gasteiger partial charge in [-0.05, 0) is 24.3 Å². The molecule has 0 bridgehead atoms. The molecule has 2 aromatic heterocycles. The van der Waals surface area contributed by atoms with E-state index in [9.17, 15) is 14.9 Å². The van der Waals surface area contributed by atoms with Crippen molar-refractivity contribution in [3.05, 3.63) is 81.4 Å². The zero-order valence-electron chi connectivity index (χ0n) is 15.9. The number of carbonyl (C=O) groups is 1. The van der Waals surface area contributed by atoms with Gasteiger partial charge in [-0.2, -0.15) is 4.52 Å². The first-order valence-electron chi connectivity index (χ1n) is 9.16. The molecule has 0 aliphatic carbocycles. The van der Waals surface area contributed by atoms with Gasteiger partial charge in [0.25, 0.3) is 11.6 Å². The van der Waals surface area contributed by atoms with Gasteiger partial charge in [0, 0.05) is 17.7 Å². The van der Waals surface area contributed by atoms with E-state index in [0.29, 0.717) is 27.9 Å². The summed E-state index contributed by atoms with van der Waals surface area (Å²) >= 11 is 6.25. The number of nitrogens with one attached hydrogen (secondary N) is 1. The highest BCUT2D eigenvalue weighted by molar-refractivity contribution is 6.33. The summed E-state index contributed by atoms with van der Waals surface area (Å²) in [5.41, 5.74) is 0.929. The Hall–Kier alpha value is -4.05. The second-order valence-electron chi connectivity index (χ2n) is 6.32. The average Bonchev–Trinajstić information content (AvgIpc) is 3.20. The zero-order valence-corrected chi connectivity index (χ0v) is 16.7. The van der Waals surface area contributed by atoms with Crippen molar-refractivity contribution in [3.8, 4) is 17.3 Å². The first kappa shape index (κ1) is 20.2. The largest absolute Gasteiger partial charge is 0.475 e. The lowest BCUT2D eigenvalue weighted by atomic mass is 10.1. The minimum absolute atomic E-state index is 0.0130. The summed E-state index contributed by atoms with van der Waals surface area (Å²) in [6.07, 6.45) is 0. The van der Waals surface area contributed by atoms with E-state index in [4.69, 9.17) is 16.3 Å². The van der Waals surface area contributed by atoms with Gasteiger partial charge < -0.3 is 10.1 Å². The van der Waals surface area contributed by atoms with E-state index in [-0.39, 0.29) is 24.4 Å². The van der Waals surface area contributed by atoms with Crippen LogP contribution in [0.1, 0.15) is 10.4 Å². The Labute approximate surface area is 180 Å². The maximum atomic E-state index is 12.2. The lowest BCUT2D eigenvalue weighted by Crippen LogP contribution is -2.28. The van der Waals surface area contributed by atoms with Crippen LogP contribution in [0.25, 0.3) is 17.0 Å². The third-order valence-corrected chi connectivity index (χ3v) is 4.67. The molecule has 1 N–H and O–H groups in total. The molecule has 0 atom stereocenters. The number of nitro groups is 1. The molecule has 4 rings (SSSR count). The summed E-state index contributed by atoms with van der Waals surface area (Å²) in [5.74, 6) is 0.204. The molecule has 0 spiro atoms. The number of nitro benzene ring substituents is 1. The second-order valence-corrected chi connectivity index (χ2v) is 6.73. The predicted octanol–water partition coefficient (Wildman–Crippen LogP) is 3.16. The van der Waals surface area contributed by atoms with Crippen LogP contribution in [0, 0.1) is 10.1 Å². The molecule has 0 aliphatic rings. The van der Waals surface area contributed by atoms with Crippen molar-refractivity contribution in [2.75, 3.05) is 13.2 Å². The first-order chi connectivity index (χ1) is 15.0. The topological polar surface area (TPSA) is 125 Å². The Morgan fingerprint density at radius 1 is 1.10 bits per heavy atom. The average molecular weight is 439 g/mol. The van der Waals surface area contributed by atoms with E-state index in [1.807, 2.05) is 18.2 Å². The lowest BCUT2D eigenvalue weighted by Gasteiger charge is -2.08. The molecule has 31 heavy (non-hydrogen) atoms. The van der Waals surface area contributed by atoms with Crippen LogP contribution in [0.2, 0.25) is 5.02 Å². The summed E-state index contributed by atoms with van der Waals surface area (Å²) in [7, 11) is 0. The van der Waals surface area contributed by atoms with Crippen LogP contribution in [-0.2, 0) is 0 Å². The van der Waals surface area contributed by atoms with Crippen molar-refractivity contribution in [2.24, 2.45) is 0 Å². The number of aromatic nitrogens is 4. The molecule has 0 unspecified atom stereocenters. The van der Waals surface area contributed by atoms with Crippen LogP contribution in [0.3, 0.4) is 0 Å². The number of ether oxygens (including phenoxy) is 1. The normalized spacial score (nSPS) is 10.7. The molecule has 2 heterocycles. The summed E-state index contributed by atoms with van der Waals surface area (Å²) in [4.78, 5) is 22.7. The van der Waals surface area contributed by atoms with Crippen LogP contribution in [-0.4, -0.2) is 43.8 Å². The van der Waals surface area contributed by atoms with Crippen molar-refractivity contribution in [3.63, 3.8) is 0 Å². The second kappa shape index (κ2) is 8.76. The van der Waals surface area contributed by atoms with Crippen LogP contribution in [0.4, 0.5) is 5.69 Å². The van der Waals surface area contributed by atoms with Crippen LogP contribution in [0.5, 0.6) is 5.88 Å². The molecule has 0 radical (unpaired) electrons. The number of rotatable bonds is 7. The number of halogens is 1. The van der Waals surface area contributed by atoms with Crippen molar-refractivity contribution in [2.45, 2.75) is 0 Å². The molecule has 0 saturated heterocycles. The van der Waals surface area contributed by atoms with Gasteiger partial charge in [0.15, 0.2) is 11.5 Å². The van der Waals surface area contributed by atoms with E-state index in [2.05, 4.69) is 20.6 Å². The molecule has 4 aromatic rings. The third-order valence-electron chi connectivity index (χ3n) is 4.34. The van der Waals surface area contributed by atoms with Crippen LogP contribution < -0.4 is 10.1 Å². The number of fused-ring (bicyclic) bond motifs is 1. The van der Waals surface area contributed by atoms with E-state index in [1.54, 1.807) is 24.3 Å². The summed E-state index contributed by atoms with van der Waals surface area (Å²) in [6.45, 7) is 0.235. The standard InChI is InChI=1S/C20H15ClN6O4/c21-15-7-3-1-5-13(15)19-24-23-17-9-10-18(25-26(17)19)31-12-11-22-20(28)14-6-2-4-8-16(14)27(29)30/h1-10H,11-12H2,(H,22,28). The molecule has 0 aliphatic heterocycles. The fourth-order valence-electron chi connectivity index (χ4n) is 2.90. The molecule has 1 amide bonds. The van der Waals surface area contributed by atoms with Crippen molar-refractivity contribution in [1.82, 2.24) is 25.1 Å². The minimum atomic E-state index is -0.597. The number of hydrogen-bond donors (Lipinski definition) is 1. The fraction of sp³-hybridized carbons (Fsp3) is 0.100. The van der Waals surface area contributed by atoms with Crippen LogP contribution >= 0.6 is 11.6 Å². The molecular formula is C20H15ClN6O4. The van der Waals surface area contributed by atoms with Crippen molar-refractivity contribution in [1.29, 1.82) is 0 Å². The molecular weight excluding hydrogens is 424 g/mol. The lowest BCUT2D eigenvalue weighted by molar-refractivity contribution is -0.385. The third kappa shape index (κ3) is 4.28. The Morgan fingerprint density at radius 2 is 1.87 bits per heavy atom. The smallest absolute Gasteiger partial charge is 0.282 e. The van der Waals surface area contributed by atoms with E-state index >= 15 is 0 Å². The molecule has 0 saturated carbocycles. The number of amides is 1. The maximum Gasteiger partial charge on any atom is 0.282 e. The SMILES string of the molecule is O=C(NCCOc1ccc2nnc(-c3ccccc3Cl)n2n1)c1ccccc1[N+](=O)[O-]. The van der Waals surface area contributed by atoms with Gasteiger partial charge in [0.2, 0.25) is 5.88 Å². The monoisotopic (exact) mass is 438 g/mol. The highest BCUT2D eigenvalue weighted by Gasteiger charge is 2.18. The maximum absolute atomic E-state index is 12.2. The Balaban J connectivity index is 1.42. The van der Waals surface area contributed by atoms with Crippen molar-refractivity contribution < 1.29 is 14.5 Å². The molecule has 0 fully saturated rings. The Bertz CT molecular complexity index is 1280. The summed E-state index contributed by atoms with van der Waals surface area (Å²) in [5, 5.41) is 26.8. The summed E-state index contributed by atoms with van der Waals surface area (Å²) < 4.78 is 7.12. The van der Waals surface area contributed by atoms with Crippen LogP contribution in [0.15, 0.2) is 60.7 Å². The Morgan fingerprint density at radius 3 is 2.68 bits per heavy atom. The fourth-order valence-corrected chi connectivity index (χ4v) is 3.12. The number of hydrogen-bond acceptors (Lipinski definition) is 7. The van der Waals surface area contributed by atoms with Gasteiger partial charge in [0.05, 0.1) is 16.5 Å². The van der Waals surface area contributed by atoms with E-state index in [0.717, 1.165) is 0 Å². The van der Waals surface area contributed by atoms with Gasteiger partial charge in [-0.1, -0.05) is 35.9 Å². The molecule has 156 valence electrons. The number of benzene rings is 2. The highest BCUT2D eigenvalue weighted by Crippen LogP contribution is 2.26.